The van der Waals surface area contributed by atoms with E-state index >= 15 is 0 Å². The molecule has 10 heteroatoms. The van der Waals surface area contributed by atoms with E-state index in [0.717, 1.165) is 11.3 Å². The molecule has 0 spiro atoms. The number of hydrogen-bond donors (Lipinski definition) is 1. The van der Waals surface area contributed by atoms with Crippen molar-refractivity contribution in [2.75, 3.05) is 25.3 Å². The molecule has 0 unspecified atom stereocenters. The molecule has 1 N–H and O–H groups in total. The van der Waals surface area contributed by atoms with Crippen LogP contribution in [0.15, 0.2) is 41.8 Å². The maximum atomic E-state index is 12.5. The SMILES string of the molecule is COc1cc(NC(=O)CSc2nncn2-c2ccc(C)c(Cl)c2)c(OC)cc1Cl. The van der Waals surface area contributed by atoms with E-state index in [9.17, 15) is 4.79 Å². The van der Waals surface area contributed by atoms with E-state index < -0.39 is 0 Å². The van der Waals surface area contributed by atoms with Crippen LogP contribution in [0, 0.1) is 6.92 Å². The molecule has 0 atom stereocenters. The van der Waals surface area contributed by atoms with Gasteiger partial charge < -0.3 is 14.8 Å². The Morgan fingerprint density at radius 3 is 2.59 bits per heavy atom. The van der Waals surface area contributed by atoms with E-state index in [-0.39, 0.29) is 11.7 Å². The quantitative estimate of drug-likeness (QED) is 0.526. The van der Waals surface area contributed by atoms with Gasteiger partial charge in [-0.1, -0.05) is 41.0 Å². The smallest absolute Gasteiger partial charge is 0.234 e. The van der Waals surface area contributed by atoms with E-state index in [2.05, 4.69) is 15.5 Å². The standard InChI is InChI=1S/C19H18Cl2N4O3S/c1-11-4-5-12(6-13(11)20)25-10-22-24-19(25)29-9-18(26)23-15-8-16(27-2)14(21)7-17(15)28-3/h4-8,10H,9H2,1-3H3,(H,23,26). The number of halogens is 2. The zero-order valence-corrected chi connectivity index (χ0v) is 18.2. The van der Waals surface area contributed by atoms with Gasteiger partial charge in [0.25, 0.3) is 0 Å². The maximum absolute atomic E-state index is 12.5. The number of ether oxygens (including phenoxy) is 2. The minimum atomic E-state index is -0.242. The predicted molar refractivity (Wildman–Crippen MR) is 115 cm³/mol. The molecule has 0 bridgehead atoms. The minimum Gasteiger partial charge on any atom is -0.495 e. The molecule has 3 rings (SSSR count). The lowest BCUT2D eigenvalue weighted by Crippen LogP contribution is -2.15. The summed E-state index contributed by atoms with van der Waals surface area (Å²) in [5.41, 5.74) is 2.26. The van der Waals surface area contributed by atoms with Crippen LogP contribution in [0.3, 0.4) is 0 Å². The summed E-state index contributed by atoms with van der Waals surface area (Å²) in [7, 11) is 3.00. The van der Waals surface area contributed by atoms with Gasteiger partial charge in [0.15, 0.2) is 5.16 Å². The second-order valence-electron chi connectivity index (χ2n) is 5.94. The first-order valence-electron chi connectivity index (χ1n) is 8.43. The van der Waals surface area contributed by atoms with Crippen molar-refractivity contribution in [2.45, 2.75) is 12.1 Å². The van der Waals surface area contributed by atoms with Gasteiger partial charge in [-0.2, -0.15) is 0 Å². The Labute approximate surface area is 182 Å². The number of benzene rings is 2. The van der Waals surface area contributed by atoms with Crippen LogP contribution in [0.5, 0.6) is 11.5 Å². The molecule has 29 heavy (non-hydrogen) atoms. The van der Waals surface area contributed by atoms with Gasteiger partial charge in [-0.15, -0.1) is 10.2 Å². The number of thioether (sulfide) groups is 1. The zero-order chi connectivity index (χ0) is 21.0. The topological polar surface area (TPSA) is 78.3 Å². The number of methoxy groups -OCH3 is 2. The normalized spacial score (nSPS) is 10.7. The molecular weight excluding hydrogens is 435 g/mol. The van der Waals surface area contributed by atoms with E-state index in [1.165, 1.54) is 26.0 Å². The third-order valence-electron chi connectivity index (χ3n) is 4.03. The van der Waals surface area contributed by atoms with Crippen molar-refractivity contribution < 1.29 is 14.3 Å². The minimum absolute atomic E-state index is 0.117. The molecule has 0 aliphatic carbocycles. The fraction of sp³-hybridized carbons (Fsp3) is 0.211. The maximum Gasteiger partial charge on any atom is 0.234 e. The first-order chi connectivity index (χ1) is 13.9. The number of aromatic nitrogens is 3. The molecule has 2 aromatic carbocycles. The van der Waals surface area contributed by atoms with Gasteiger partial charge in [0, 0.05) is 17.2 Å². The van der Waals surface area contributed by atoms with Crippen LogP contribution in [-0.4, -0.2) is 40.6 Å². The van der Waals surface area contributed by atoms with Crippen molar-refractivity contribution in [3.63, 3.8) is 0 Å². The highest BCUT2D eigenvalue weighted by Gasteiger charge is 2.15. The summed E-state index contributed by atoms with van der Waals surface area (Å²) in [6, 6.07) is 8.86. The number of carbonyl (C=O) groups excluding carboxylic acids is 1. The number of nitrogens with one attached hydrogen (secondary N) is 1. The summed E-state index contributed by atoms with van der Waals surface area (Å²) in [5.74, 6) is 0.749. The average molecular weight is 453 g/mol. The van der Waals surface area contributed by atoms with Crippen molar-refractivity contribution in [1.29, 1.82) is 0 Å². The average Bonchev–Trinajstić information content (AvgIpc) is 3.18. The summed E-state index contributed by atoms with van der Waals surface area (Å²) >= 11 is 13.6. The van der Waals surface area contributed by atoms with E-state index in [4.69, 9.17) is 32.7 Å². The van der Waals surface area contributed by atoms with Gasteiger partial charge in [-0.05, 0) is 24.6 Å². The molecule has 0 radical (unpaired) electrons. The monoisotopic (exact) mass is 452 g/mol. The number of nitrogens with zero attached hydrogens (tertiary/aromatic N) is 3. The number of anilines is 1. The summed E-state index contributed by atoms with van der Waals surface area (Å²) < 4.78 is 12.2. The molecule has 0 saturated carbocycles. The third kappa shape index (κ3) is 4.95. The summed E-state index contributed by atoms with van der Waals surface area (Å²) in [6.07, 6.45) is 1.58. The van der Waals surface area contributed by atoms with Crippen LogP contribution in [0.2, 0.25) is 10.0 Å². The highest BCUT2D eigenvalue weighted by Crippen LogP contribution is 2.36. The van der Waals surface area contributed by atoms with Crippen LogP contribution in [0.1, 0.15) is 5.56 Å². The number of hydrogen-bond acceptors (Lipinski definition) is 6. The van der Waals surface area contributed by atoms with Crippen LogP contribution in [0.25, 0.3) is 5.69 Å². The molecule has 0 saturated heterocycles. The molecule has 0 aliphatic rings. The van der Waals surface area contributed by atoms with Gasteiger partial charge in [-0.25, -0.2) is 0 Å². The van der Waals surface area contributed by atoms with E-state index in [1.807, 2.05) is 25.1 Å². The van der Waals surface area contributed by atoms with Gasteiger partial charge >= 0.3 is 0 Å². The Bertz CT molecular complexity index is 1040. The Hall–Kier alpha value is -2.42. The Balaban J connectivity index is 1.71. The molecular formula is C19H18Cl2N4O3S. The summed E-state index contributed by atoms with van der Waals surface area (Å²) in [4.78, 5) is 12.5. The predicted octanol–water partition coefficient (Wildman–Crippen LogP) is 4.63. The van der Waals surface area contributed by atoms with Gasteiger partial charge in [0.1, 0.15) is 17.8 Å². The number of rotatable bonds is 7. The second kappa shape index (κ2) is 9.39. The summed E-state index contributed by atoms with van der Waals surface area (Å²) in [5, 5.41) is 12.4. The first kappa shape index (κ1) is 21.3. The number of carbonyl (C=O) groups is 1. The Kier molecular flexibility index (Phi) is 6.89. The molecule has 0 fully saturated rings. The fourth-order valence-electron chi connectivity index (χ4n) is 2.51. The van der Waals surface area contributed by atoms with Crippen LogP contribution in [0.4, 0.5) is 5.69 Å². The summed E-state index contributed by atoms with van der Waals surface area (Å²) in [6.45, 7) is 1.93. The third-order valence-corrected chi connectivity index (χ3v) is 5.68. The second-order valence-corrected chi connectivity index (χ2v) is 7.70. The first-order valence-corrected chi connectivity index (χ1v) is 10.2. The highest BCUT2D eigenvalue weighted by atomic mass is 35.5. The highest BCUT2D eigenvalue weighted by molar-refractivity contribution is 7.99. The van der Waals surface area contributed by atoms with E-state index in [1.54, 1.807) is 23.0 Å². The van der Waals surface area contributed by atoms with Crippen molar-refractivity contribution in [3.8, 4) is 17.2 Å². The van der Waals surface area contributed by atoms with Crippen LogP contribution < -0.4 is 14.8 Å². The van der Waals surface area contributed by atoms with Crippen LogP contribution in [-0.2, 0) is 4.79 Å². The molecule has 3 aromatic rings. The molecule has 1 aromatic heterocycles. The van der Waals surface area contributed by atoms with E-state index in [0.29, 0.717) is 32.4 Å². The van der Waals surface area contributed by atoms with Crippen molar-refractivity contribution >= 4 is 46.6 Å². The fourth-order valence-corrected chi connectivity index (χ4v) is 3.64. The lowest BCUT2D eigenvalue weighted by atomic mass is 10.2. The number of amides is 1. The Morgan fingerprint density at radius 1 is 1.14 bits per heavy atom. The largest absolute Gasteiger partial charge is 0.495 e. The molecule has 0 aliphatic heterocycles. The number of aryl methyl sites for hydroxylation is 1. The molecule has 1 heterocycles. The van der Waals surface area contributed by atoms with Crippen LogP contribution >= 0.6 is 35.0 Å². The van der Waals surface area contributed by atoms with Crippen molar-refractivity contribution in [3.05, 3.63) is 52.3 Å². The van der Waals surface area contributed by atoms with Gasteiger partial charge in [0.05, 0.1) is 36.4 Å². The van der Waals surface area contributed by atoms with Crippen molar-refractivity contribution in [1.82, 2.24) is 14.8 Å². The lowest BCUT2D eigenvalue weighted by Gasteiger charge is -2.13. The van der Waals surface area contributed by atoms with Gasteiger partial charge in [0.2, 0.25) is 5.91 Å². The van der Waals surface area contributed by atoms with Gasteiger partial charge in [-0.3, -0.25) is 9.36 Å². The molecule has 1 amide bonds. The zero-order valence-electron chi connectivity index (χ0n) is 15.9. The molecule has 152 valence electrons. The Morgan fingerprint density at radius 2 is 1.90 bits per heavy atom. The molecule has 7 nitrogen and oxygen atoms in total. The van der Waals surface area contributed by atoms with Crippen molar-refractivity contribution in [2.24, 2.45) is 0 Å². The lowest BCUT2D eigenvalue weighted by molar-refractivity contribution is -0.113.